The third-order valence-corrected chi connectivity index (χ3v) is 3.51. The summed E-state index contributed by atoms with van der Waals surface area (Å²) in [6, 6.07) is 9.46. The molecule has 1 aromatic carbocycles. The Labute approximate surface area is 153 Å². The average Bonchev–Trinajstić information content (AvgIpc) is 2.58. The number of nitrogens with zero attached hydrogens (tertiary/aromatic N) is 1. The van der Waals surface area contributed by atoms with Crippen LogP contribution in [0.2, 0.25) is 10.0 Å². The molecule has 0 aliphatic heterocycles. The van der Waals surface area contributed by atoms with Crippen molar-refractivity contribution in [2.24, 2.45) is 0 Å². The summed E-state index contributed by atoms with van der Waals surface area (Å²) < 4.78 is 0. The Morgan fingerprint density at radius 3 is 2.40 bits per heavy atom. The molecule has 2 rings (SSSR count). The molecule has 0 atom stereocenters. The maximum Gasteiger partial charge on any atom is 0.253 e. The van der Waals surface area contributed by atoms with Gasteiger partial charge < -0.3 is 16.0 Å². The van der Waals surface area contributed by atoms with Crippen LogP contribution in [0.4, 0.5) is 5.82 Å². The van der Waals surface area contributed by atoms with Gasteiger partial charge in [-0.25, -0.2) is 4.98 Å². The Balaban J connectivity index is 1.75. The smallest absolute Gasteiger partial charge is 0.253 e. The number of aromatic nitrogens is 1. The minimum atomic E-state index is -0.519. The summed E-state index contributed by atoms with van der Waals surface area (Å²) in [6.07, 6.45) is 1.53. The van der Waals surface area contributed by atoms with E-state index in [-0.39, 0.29) is 23.7 Å². The molecule has 0 fully saturated rings. The van der Waals surface area contributed by atoms with E-state index in [2.05, 4.69) is 20.9 Å². The SMILES string of the molecule is O=C(CNC(=O)c1ccc(Cl)cc1Cl)NCC(=O)Nc1ccccn1. The predicted octanol–water partition coefficient (Wildman–Crippen LogP) is 1.87. The van der Waals surface area contributed by atoms with Gasteiger partial charge in [0.15, 0.2) is 0 Å². The molecule has 0 unspecified atom stereocenters. The maximum atomic E-state index is 12.0. The van der Waals surface area contributed by atoms with E-state index in [0.717, 1.165) is 0 Å². The van der Waals surface area contributed by atoms with Gasteiger partial charge in [0, 0.05) is 11.2 Å². The van der Waals surface area contributed by atoms with Gasteiger partial charge in [0.05, 0.1) is 23.7 Å². The van der Waals surface area contributed by atoms with Crippen LogP contribution in [-0.4, -0.2) is 35.8 Å². The average molecular weight is 381 g/mol. The molecule has 0 radical (unpaired) electrons. The molecule has 3 N–H and O–H groups in total. The number of carbonyl (C=O) groups excluding carboxylic acids is 3. The van der Waals surface area contributed by atoms with Crippen molar-refractivity contribution >= 4 is 46.7 Å². The number of carbonyl (C=O) groups is 3. The van der Waals surface area contributed by atoms with Crippen LogP contribution in [0.25, 0.3) is 0 Å². The van der Waals surface area contributed by atoms with Crippen LogP contribution in [0.1, 0.15) is 10.4 Å². The lowest BCUT2D eigenvalue weighted by molar-refractivity contribution is -0.123. The van der Waals surface area contributed by atoms with Crippen LogP contribution in [0.3, 0.4) is 0 Å². The van der Waals surface area contributed by atoms with E-state index in [9.17, 15) is 14.4 Å². The molecule has 1 aromatic heterocycles. The van der Waals surface area contributed by atoms with Gasteiger partial charge in [-0.05, 0) is 30.3 Å². The topological polar surface area (TPSA) is 100 Å². The van der Waals surface area contributed by atoms with E-state index in [4.69, 9.17) is 23.2 Å². The minimum Gasteiger partial charge on any atom is -0.345 e. The van der Waals surface area contributed by atoms with E-state index in [0.29, 0.717) is 10.8 Å². The van der Waals surface area contributed by atoms with Crippen molar-refractivity contribution in [2.75, 3.05) is 18.4 Å². The van der Waals surface area contributed by atoms with Crippen LogP contribution < -0.4 is 16.0 Å². The van der Waals surface area contributed by atoms with Gasteiger partial charge in [-0.15, -0.1) is 0 Å². The van der Waals surface area contributed by atoms with Crippen molar-refractivity contribution in [3.05, 3.63) is 58.2 Å². The highest BCUT2D eigenvalue weighted by Crippen LogP contribution is 2.20. The highest BCUT2D eigenvalue weighted by Gasteiger charge is 2.12. The quantitative estimate of drug-likeness (QED) is 0.711. The van der Waals surface area contributed by atoms with Gasteiger partial charge in [-0.2, -0.15) is 0 Å². The molecule has 0 bridgehead atoms. The van der Waals surface area contributed by atoms with Crippen molar-refractivity contribution in [3.63, 3.8) is 0 Å². The third kappa shape index (κ3) is 6.06. The predicted molar refractivity (Wildman–Crippen MR) is 94.7 cm³/mol. The number of rotatable bonds is 6. The summed E-state index contributed by atoms with van der Waals surface area (Å²) in [7, 11) is 0. The van der Waals surface area contributed by atoms with E-state index < -0.39 is 17.7 Å². The molecule has 130 valence electrons. The lowest BCUT2D eigenvalue weighted by atomic mass is 10.2. The molecule has 7 nitrogen and oxygen atoms in total. The molecule has 0 saturated heterocycles. The van der Waals surface area contributed by atoms with E-state index in [1.807, 2.05) is 0 Å². The normalized spacial score (nSPS) is 10.0. The van der Waals surface area contributed by atoms with E-state index in [1.165, 1.54) is 24.4 Å². The first kappa shape index (κ1) is 18.7. The number of nitrogens with one attached hydrogen (secondary N) is 3. The zero-order chi connectivity index (χ0) is 18.2. The first-order valence-corrected chi connectivity index (χ1v) is 7.92. The lowest BCUT2D eigenvalue weighted by Gasteiger charge is -2.08. The van der Waals surface area contributed by atoms with Crippen LogP contribution in [0.15, 0.2) is 42.6 Å². The fourth-order valence-electron chi connectivity index (χ4n) is 1.79. The van der Waals surface area contributed by atoms with Crippen LogP contribution >= 0.6 is 23.2 Å². The van der Waals surface area contributed by atoms with Crippen molar-refractivity contribution in [3.8, 4) is 0 Å². The van der Waals surface area contributed by atoms with Crippen LogP contribution in [0, 0.1) is 0 Å². The summed E-state index contributed by atoms with van der Waals surface area (Å²) in [6.45, 7) is -0.540. The molecular formula is C16H14Cl2N4O3. The Bertz CT molecular complexity index is 784. The summed E-state index contributed by atoms with van der Waals surface area (Å²) in [5.74, 6) is -1.09. The van der Waals surface area contributed by atoms with E-state index in [1.54, 1.807) is 18.2 Å². The number of halogens is 2. The Kier molecular flexibility index (Phi) is 6.73. The van der Waals surface area contributed by atoms with Gasteiger partial charge in [-0.3, -0.25) is 14.4 Å². The van der Waals surface area contributed by atoms with Gasteiger partial charge in [0.1, 0.15) is 5.82 Å². The maximum absolute atomic E-state index is 12.0. The monoisotopic (exact) mass is 380 g/mol. The Hall–Kier alpha value is -2.64. The number of anilines is 1. The minimum absolute atomic E-state index is 0.181. The molecular weight excluding hydrogens is 367 g/mol. The molecule has 1 heterocycles. The molecule has 0 aliphatic rings. The zero-order valence-electron chi connectivity index (χ0n) is 12.9. The highest BCUT2D eigenvalue weighted by atomic mass is 35.5. The number of pyridine rings is 1. The van der Waals surface area contributed by atoms with Crippen molar-refractivity contribution in [1.29, 1.82) is 0 Å². The molecule has 0 saturated carbocycles. The second-order valence-electron chi connectivity index (χ2n) is 4.85. The molecule has 0 spiro atoms. The first-order valence-electron chi connectivity index (χ1n) is 7.16. The Morgan fingerprint density at radius 2 is 1.72 bits per heavy atom. The number of amides is 3. The summed E-state index contributed by atoms with van der Waals surface area (Å²) in [5, 5.41) is 7.90. The van der Waals surface area contributed by atoms with Crippen molar-refractivity contribution in [2.45, 2.75) is 0 Å². The molecule has 2 aromatic rings. The highest BCUT2D eigenvalue weighted by molar-refractivity contribution is 6.36. The fourth-order valence-corrected chi connectivity index (χ4v) is 2.29. The van der Waals surface area contributed by atoms with E-state index >= 15 is 0 Å². The third-order valence-electron chi connectivity index (χ3n) is 2.96. The largest absolute Gasteiger partial charge is 0.345 e. The number of hydrogen-bond acceptors (Lipinski definition) is 4. The first-order chi connectivity index (χ1) is 12.0. The lowest BCUT2D eigenvalue weighted by Crippen LogP contribution is -2.40. The Morgan fingerprint density at radius 1 is 0.960 bits per heavy atom. The summed E-state index contributed by atoms with van der Waals surface area (Å²) in [4.78, 5) is 39.3. The van der Waals surface area contributed by atoms with Crippen molar-refractivity contribution < 1.29 is 14.4 Å². The molecule has 0 aliphatic carbocycles. The second-order valence-corrected chi connectivity index (χ2v) is 5.69. The van der Waals surface area contributed by atoms with Crippen LogP contribution in [0.5, 0.6) is 0 Å². The van der Waals surface area contributed by atoms with Gasteiger partial charge in [0.2, 0.25) is 11.8 Å². The molecule has 25 heavy (non-hydrogen) atoms. The molecule has 3 amide bonds. The number of hydrogen-bond donors (Lipinski definition) is 3. The van der Waals surface area contributed by atoms with Crippen molar-refractivity contribution in [1.82, 2.24) is 15.6 Å². The number of benzene rings is 1. The standard InChI is InChI=1S/C16H14Cl2N4O3/c17-10-4-5-11(12(18)7-10)16(25)21-8-14(23)20-9-15(24)22-13-3-1-2-6-19-13/h1-7H,8-9H2,(H,20,23)(H,21,25)(H,19,22,24). The summed E-state index contributed by atoms with van der Waals surface area (Å²) >= 11 is 11.7. The van der Waals surface area contributed by atoms with Gasteiger partial charge in [0.25, 0.3) is 5.91 Å². The van der Waals surface area contributed by atoms with Gasteiger partial charge >= 0.3 is 0 Å². The molecule has 9 heteroatoms. The zero-order valence-corrected chi connectivity index (χ0v) is 14.4. The van der Waals surface area contributed by atoms with Crippen LogP contribution in [-0.2, 0) is 9.59 Å². The second kappa shape index (κ2) is 9.00. The fraction of sp³-hybridized carbons (Fsp3) is 0.125. The van der Waals surface area contributed by atoms with Gasteiger partial charge in [-0.1, -0.05) is 29.3 Å². The summed E-state index contributed by atoms with van der Waals surface area (Å²) in [5.41, 5.74) is 0.201.